The molecule has 1 radical (unpaired) electrons. The summed E-state index contributed by atoms with van der Waals surface area (Å²) >= 11 is 0.948. The molecule has 1 aromatic heterocycles. The van der Waals surface area contributed by atoms with Gasteiger partial charge in [0.05, 0.1) is 5.56 Å². The van der Waals surface area contributed by atoms with Crippen molar-refractivity contribution in [2.75, 3.05) is 0 Å². The summed E-state index contributed by atoms with van der Waals surface area (Å²) < 4.78 is 35.6. The predicted molar refractivity (Wildman–Crippen MR) is 32.9 cm³/mol. The fourth-order valence-electron chi connectivity index (χ4n) is 0.600. The number of rotatable bonds is 0. The van der Waals surface area contributed by atoms with Gasteiger partial charge in [0.2, 0.25) is 0 Å². The molecule has 0 aromatic carbocycles. The van der Waals surface area contributed by atoms with Crippen LogP contribution in [-0.2, 0) is 6.18 Å². The first-order chi connectivity index (χ1) is 4.52. The van der Waals surface area contributed by atoms with Gasteiger partial charge in [-0.05, 0) is 12.5 Å². The average Bonchev–Trinajstić information content (AvgIpc) is 2.11. The molecule has 0 fully saturated rings. The third-order valence-electron chi connectivity index (χ3n) is 1.10. The van der Waals surface area contributed by atoms with Gasteiger partial charge in [0.1, 0.15) is 0 Å². The fraction of sp³-hybridized carbons (Fsp3) is 0.333. The Morgan fingerprint density at radius 3 is 2.30 bits per heavy atom. The zero-order valence-electron chi connectivity index (χ0n) is 5.12. The molecule has 1 rings (SSSR count). The van der Waals surface area contributed by atoms with E-state index in [2.05, 4.69) is 5.38 Å². The van der Waals surface area contributed by atoms with Crippen molar-refractivity contribution < 1.29 is 13.2 Å². The third kappa shape index (κ3) is 1.31. The molecule has 0 N–H and O–H groups in total. The van der Waals surface area contributed by atoms with E-state index in [9.17, 15) is 13.2 Å². The average molecular weight is 165 g/mol. The lowest BCUT2D eigenvalue weighted by Crippen LogP contribution is -2.04. The van der Waals surface area contributed by atoms with Crippen LogP contribution in [0.1, 0.15) is 11.1 Å². The van der Waals surface area contributed by atoms with Crippen LogP contribution in [0.5, 0.6) is 0 Å². The van der Waals surface area contributed by atoms with Gasteiger partial charge in [-0.1, -0.05) is 0 Å². The second-order valence-electron chi connectivity index (χ2n) is 1.87. The molecule has 10 heavy (non-hydrogen) atoms. The normalized spacial score (nSPS) is 12.0. The third-order valence-corrected chi connectivity index (χ3v) is 1.88. The van der Waals surface area contributed by atoms with E-state index in [4.69, 9.17) is 0 Å². The van der Waals surface area contributed by atoms with Crippen molar-refractivity contribution in [1.82, 2.24) is 0 Å². The SMILES string of the molecule is Cc1[c]scc1C(F)(F)F. The largest absolute Gasteiger partial charge is 0.417 e. The zero-order valence-corrected chi connectivity index (χ0v) is 5.94. The summed E-state index contributed by atoms with van der Waals surface area (Å²) in [6, 6.07) is 0. The highest BCUT2D eigenvalue weighted by atomic mass is 32.1. The van der Waals surface area contributed by atoms with Crippen LogP contribution in [0.2, 0.25) is 0 Å². The van der Waals surface area contributed by atoms with Gasteiger partial charge < -0.3 is 0 Å². The molecule has 0 bridgehead atoms. The van der Waals surface area contributed by atoms with Gasteiger partial charge in [0, 0.05) is 10.8 Å². The first-order valence-electron chi connectivity index (χ1n) is 2.55. The standard InChI is InChI=1S/C6H4F3S/c1-4-2-10-3-5(4)6(7,8)9/h3H,1H3. The molecule has 1 aromatic rings. The summed E-state index contributed by atoms with van der Waals surface area (Å²) in [6.45, 7) is 1.40. The minimum absolute atomic E-state index is 0.178. The van der Waals surface area contributed by atoms with Gasteiger partial charge in [0.15, 0.2) is 0 Å². The zero-order chi connectivity index (χ0) is 7.78. The molecule has 0 unspecified atom stereocenters. The number of hydrogen-bond donors (Lipinski definition) is 0. The van der Waals surface area contributed by atoms with Gasteiger partial charge in [-0.2, -0.15) is 13.2 Å². The summed E-state index contributed by atoms with van der Waals surface area (Å²) in [4.78, 5) is 0. The maximum Gasteiger partial charge on any atom is 0.417 e. The first-order valence-corrected chi connectivity index (χ1v) is 3.43. The summed E-state index contributed by atoms with van der Waals surface area (Å²) in [5, 5.41) is 3.56. The van der Waals surface area contributed by atoms with Crippen molar-refractivity contribution in [3.8, 4) is 0 Å². The molecule has 0 atom stereocenters. The van der Waals surface area contributed by atoms with E-state index < -0.39 is 11.7 Å². The number of thiophene rings is 1. The Morgan fingerprint density at radius 1 is 1.50 bits per heavy atom. The highest BCUT2D eigenvalue weighted by molar-refractivity contribution is 7.07. The molecular weight excluding hydrogens is 161 g/mol. The molecule has 0 saturated heterocycles. The summed E-state index contributed by atoms with van der Waals surface area (Å²) in [6.07, 6.45) is -4.21. The van der Waals surface area contributed by atoms with Gasteiger partial charge in [-0.15, -0.1) is 11.3 Å². The lowest BCUT2D eigenvalue weighted by Gasteiger charge is -2.03. The molecule has 55 valence electrons. The Balaban J connectivity index is 3.05. The lowest BCUT2D eigenvalue weighted by molar-refractivity contribution is -0.137. The van der Waals surface area contributed by atoms with Crippen LogP contribution >= 0.6 is 11.3 Å². The monoisotopic (exact) mass is 165 g/mol. The molecule has 0 aliphatic rings. The highest BCUT2D eigenvalue weighted by Gasteiger charge is 2.32. The minimum Gasteiger partial charge on any atom is -0.166 e. The second kappa shape index (κ2) is 2.27. The van der Waals surface area contributed by atoms with E-state index >= 15 is 0 Å². The molecule has 0 nitrogen and oxygen atoms in total. The Kier molecular flexibility index (Phi) is 1.72. The Morgan fingerprint density at radius 2 is 2.10 bits per heavy atom. The van der Waals surface area contributed by atoms with E-state index in [-0.39, 0.29) is 5.56 Å². The molecule has 0 spiro atoms. The number of alkyl halides is 3. The van der Waals surface area contributed by atoms with Crippen molar-refractivity contribution in [3.63, 3.8) is 0 Å². The van der Waals surface area contributed by atoms with Crippen molar-refractivity contribution in [3.05, 3.63) is 21.9 Å². The minimum atomic E-state index is -4.21. The number of halogens is 3. The lowest BCUT2D eigenvalue weighted by atomic mass is 10.2. The van der Waals surface area contributed by atoms with Gasteiger partial charge >= 0.3 is 6.18 Å². The van der Waals surface area contributed by atoms with Crippen molar-refractivity contribution in [2.24, 2.45) is 0 Å². The van der Waals surface area contributed by atoms with Crippen LogP contribution < -0.4 is 0 Å². The predicted octanol–water partition coefficient (Wildman–Crippen LogP) is 2.88. The van der Waals surface area contributed by atoms with Crippen molar-refractivity contribution >= 4 is 11.3 Å². The fourth-order valence-corrected chi connectivity index (χ4v) is 1.37. The Hall–Kier alpha value is -0.510. The van der Waals surface area contributed by atoms with Crippen molar-refractivity contribution in [1.29, 1.82) is 0 Å². The summed E-state index contributed by atoms with van der Waals surface area (Å²) in [7, 11) is 0. The summed E-state index contributed by atoms with van der Waals surface area (Å²) in [5.41, 5.74) is -0.394. The molecule has 0 aliphatic carbocycles. The molecule has 0 aliphatic heterocycles. The Bertz CT molecular complexity index is 223. The van der Waals surface area contributed by atoms with Crippen LogP contribution in [-0.4, -0.2) is 0 Å². The maximum atomic E-state index is 11.9. The van der Waals surface area contributed by atoms with E-state index in [1.807, 2.05) is 0 Å². The quantitative estimate of drug-likeness (QED) is 0.554. The smallest absolute Gasteiger partial charge is 0.166 e. The molecule has 1 heterocycles. The van der Waals surface area contributed by atoms with Crippen molar-refractivity contribution in [2.45, 2.75) is 13.1 Å². The van der Waals surface area contributed by atoms with Crippen LogP contribution in [0.25, 0.3) is 0 Å². The van der Waals surface area contributed by atoms with Crippen LogP contribution in [0.3, 0.4) is 0 Å². The molecule has 0 amide bonds. The second-order valence-corrected chi connectivity index (χ2v) is 2.55. The first kappa shape index (κ1) is 7.60. The molecule has 0 saturated carbocycles. The van der Waals surface area contributed by atoms with E-state index in [1.165, 1.54) is 6.92 Å². The van der Waals surface area contributed by atoms with Gasteiger partial charge in [0.25, 0.3) is 0 Å². The Labute approximate surface area is 60.3 Å². The van der Waals surface area contributed by atoms with Crippen LogP contribution in [0, 0.1) is 12.3 Å². The number of hydrogen-bond acceptors (Lipinski definition) is 1. The van der Waals surface area contributed by atoms with E-state index in [1.54, 1.807) is 0 Å². The summed E-state index contributed by atoms with van der Waals surface area (Å²) in [5.74, 6) is 0. The van der Waals surface area contributed by atoms with Crippen LogP contribution in [0.15, 0.2) is 5.38 Å². The highest BCUT2D eigenvalue weighted by Crippen LogP contribution is 2.33. The van der Waals surface area contributed by atoms with Gasteiger partial charge in [-0.3, -0.25) is 0 Å². The maximum absolute atomic E-state index is 11.9. The molecular formula is C6H4F3S. The molecule has 4 heteroatoms. The van der Waals surface area contributed by atoms with E-state index in [0.717, 1.165) is 16.7 Å². The number of aryl methyl sites for hydroxylation is 1. The topological polar surface area (TPSA) is 0 Å². The van der Waals surface area contributed by atoms with Crippen LogP contribution in [0.4, 0.5) is 13.2 Å². The van der Waals surface area contributed by atoms with E-state index in [0.29, 0.717) is 0 Å². The van der Waals surface area contributed by atoms with Gasteiger partial charge in [-0.25, -0.2) is 0 Å².